The molecule has 1 amide bonds. The van der Waals surface area contributed by atoms with E-state index >= 15 is 0 Å². The van der Waals surface area contributed by atoms with Crippen molar-refractivity contribution in [1.29, 1.82) is 0 Å². The molecule has 0 saturated heterocycles. The van der Waals surface area contributed by atoms with Crippen molar-refractivity contribution in [1.82, 2.24) is 20.5 Å². The number of carbonyl (C=O) groups excluding carboxylic acids is 1. The van der Waals surface area contributed by atoms with Gasteiger partial charge in [0.05, 0.1) is 6.10 Å². The lowest BCUT2D eigenvalue weighted by molar-refractivity contribution is 0.0500. The van der Waals surface area contributed by atoms with Crippen LogP contribution in [0.5, 0.6) is 0 Å². The quantitative estimate of drug-likeness (QED) is 0.773. The largest absolute Gasteiger partial charge is 0.444 e. The van der Waals surface area contributed by atoms with Crippen molar-refractivity contribution in [2.75, 3.05) is 6.54 Å². The third-order valence-corrected chi connectivity index (χ3v) is 3.39. The minimum Gasteiger partial charge on any atom is -0.444 e. The Morgan fingerprint density at radius 1 is 1.55 bits per heavy atom. The fourth-order valence-corrected chi connectivity index (χ4v) is 2.49. The van der Waals surface area contributed by atoms with E-state index in [9.17, 15) is 9.90 Å². The zero-order chi connectivity index (χ0) is 14.8. The van der Waals surface area contributed by atoms with E-state index in [2.05, 4.69) is 20.5 Å². The number of rotatable bonds is 3. The Morgan fingerprint density at radius 2 is 2.30 bits per heavy atom. The molecule has 1 aliphatic carbocycles. The van der Waals surface area contributed by atoms with Gasteiger partial charge in [-0.25, -0.2) is 9.78 Å². The van der Waals surface area contributed by atoms with E-state index in [-0.39, 0.29) is 11.8 Å². The summed E-state index contributed by atoms with van der Waals surface area (Å²) in [7, 11) is 0. The van der Waals surface area contributed by atoms with Crippen LogP contribution in [-0.2, 0) is 4.74 Å². The van der Waals surface area contributed by atoms with Crippen LogP contribution in [0.15, 0.2) is 6.33 Å². The monoisotopic (exact) mass is 282 g/mol. The molecule has 1 saturated carbocycles. The summed E-state index contributed by atoms with van der Waals surface area (Å²) in [5.41, 5.74) is -0.513. The number of aliphatic hydroxyl groups is 1. The van der Waals surface area contributed by atoms with Gasteiger partial charge in [-0.2, -0.15) is 5.10 Å². The molecule has 1 aromatic rings. The molecule has 0 radical (unpaired) electrons. The van der Waals surface area contributed by atoms with Crippen LogP contribution in [0.1, 0.15) is 45.4 Å². The molecule has 3 atom stereocenters. The maximum Gasteiger partial charge on any atom is 0.407 e. The van der Waals surface area contributed by atoms with Gasteiger partial charge in [0.25, 0.3) is 0 Å². The van der Waals surface area contributed by atoms with Crippen molar-refractivity contribution in [3.8, 4) is 0 Å². The van der Waals surface area contributed by atoms with Crippen LogP contribution in [0.25, 0.3) is 0 Å². The second-order valence-electron chi connectivity index (χ2n) is 6.25. The first-order valence-corrected chi connectivity index (χ1v) is 6.85. The maximum absolute atomic E-state index is 11.6. The number of amides is 1. The smallest absolute Gasteiger partial charge is 0.407 e. The molecule has 3 N–H and O–H groups in total. The van der Waals surface area contributed by atoms with E-state index in [1.165, 1.54) is 6.33 Å². The number of aromatic nitrogens is 3. The van der Waals surface area contributed by atoms with Gasteiger partial charge in [-0.3, -0.25) is 5.10 Å². The average Bonchev–Trinajstić information content (AvgIpc) is 2.93. The number of nitrogens with one attached hydrogen (secondary N) is 2. The van der Waals surface area contributed by atoms with Crippen LogP contribution in [-0.4, -0.2) is 44.6 Å². The van der Waals surface area contributed by atoms with Gasteiger partial charge in [-0.05, 0) is 33.6 Å². The van der Waals surface area contributed by atoms with Crippen molar-refractivity contribution in [2.24, 2.45) is 5.92 Å². The molecule has 0 unspecified atom stereocenters. The van der Waals surface area contributed by atoms with E-state index < -0.39 is 17.8 Å². The van der Waals surface area contributed by atoms with Crippen molar-refractivity contribution in [3.05, 3.63) is 12.2 Å². The predicted octanol–water partition coefficient (Wildman–Crippen LogP) is 1.18. The Bertz CT molecular complexity index is 441. The summed E-state index contributed by atoms with van der Waals surface area (Å²) in [6.45, 7) is 5.85. The second kappa shape index (κ2) is 5.78. The molecule has 7 nitrogen and oxygen atoms in total. The minimum absolute atomic E-state index is 0.0117. The highest BCUT2D eigenvalue weighted by Crippen LogP contribution is 2.36. The number of aliphatic hydroxyl groups excluding tert-OH is 1. The summed E-state index contributed by atoms with van der Waals surface area (Å²) >= 11 is 0. The second-order valence-corrected chi connectivity index (χ2v) is 6.25. The molecular weight excluding hydrogens is 260 g/mol. The SMILES string of the molecule is CC(C)(C)OC(=O)NC[C@@H]1C[C@@H](c2ncn[nH]2)C[C@@H]1O. The summed E-state index contributed by atoms with van der Waals surface area (Å²) in [5, 5.41) is 19.4. The number of nitrogens with zero attached hydrogens (tertiary/aromatic N) is 2. The first-order chi connectivity index (χ1) is 9.35. The Morgan fingerprint density at radius 3 is 2.90 bits per heavy atom. The highest BCUT2D eigenvalue weighted by atomic mass is 16.6. The molecule has 0 bridgehead atoms. The number of ether oxygens (including phenoxy) is 1. The molecule has 0 aromatic carbocycles. The van der Waals surface area contributed by atoms with Gasteiger partial charge < -0.3 is 15.2 Å². The van der Waals surface area contributed by atoms with E-state index in [0.29, 0.717) is 13.0 Å². The van der Waals surface area contributed by atoms with Crippen LogP contribution in [0, 0.1) is 5.92 Å². The van der Waals surface area contributed by atoms with Gasteiger partial charge in [0.15, 0.2) is 0 Å². The molecule has 1 fully saturated rings. The number of alkyl carbamates (subject to hydrolysis) is 1. The fourth-order valence-electron chi connectivity index (χ4n) is 2.49. The summed E-state index contributed by atoms with van der Waals surface area (Å²) in [5.74, 6) is 0.972. The summed E-state index contributed by atoms with van der Waals surface area (Å²) in [4.78, 5) is 15.7. The zero-order valence-electron chi connectivity index (χ0n) is 12.1. The molecule has 112 valence electrons. The van der Waals surface area contributed by atoms with Crippen LogP contribution in [0.4, 0.5) is 4.79 Å². The Labute approximate surface area is 118 Å². The van der Waals surface area contributed by atoms with Crippen LogP contribution < -0.4 is 5.32 Å². The van der Waals surface area contributed by atoms with Crippen molar-refractivity contribution < 1.29 is 14.6 Å². The van der Waals surface area contributed by atoms with Crippen LogP contribution >= 0.6 is 0 Å². The number of aromatic amines is 1. The third-order valence-electron chi connectivity index (χ3n) is 3.39. The Kier molecular flexibility index (Phi) is 4.27. The molecule has 1 aromatic heterocycles. The van der Waals surface area contributed by atoms with Crippen LogP contribution in [0.3, 0.4) is 0 Å². The van der Waals surface area contributed by atoms with Crippen molar-refractivity contribution in [2.45, 2.75) is 51.2 Å². The number of hydrogen-bond acceptors (Lipinski definition) is 5. The van der Waals surface area contributed by atoms with Gasteiger partial charge in [0, 0.05) is 18.4 Å². The molecular formula is C13H22N4O3. The summed E-state index contributed by atoms with van der Waals surface area (Å²) in [6, 6.07) is 0. The van der Waals surface area contributed by atoms with E-state index in [1.54, 1.807) is 0 Å². The van der Waals surface area contributed by atoms with Gasteiger partial charge >= 0.3 is 6.09 Å². The highest BCUT2D eigenvalue weighted by Gasteiger charge is 2.35. The molecule has 2 rings (SSSR count). The summed E-state index contributed by atoms with van der Waals surface area (Å²) in [6.07, 6.45) is 1.98. The Hall–Kier alpha value is -1.63. The van der Waals surface area contributed by atoms with Gasteiger partial charge in [-0.15, -0.1) is 0 Å². The van der Waals surface area contributed by atoms with Crippen LogP contribution in [0.2, 0.25) is 0 Å². The molecule has 7 heteroatoms. The first-order valence-electron chi connectivity index (χ1n) is 6.85. The topological polar surface area (TPSA) is 100 Å². The fraction of sp³-hybridized carbons (Fsp3) is 0.769. The van der Waals surface area contributed by atoms with Crippen molar-refractivity contribution >= 4 is 6.09 Å². The normalized spacial score (nSPS) is 26.5. The van der Waals surface area contributed by atoms with Gasteiger partial charge in [-0.1, -0.05) is 0 Å². The summed E-state index contributed by atoms with van der Waals surface area (Å²) < 4.78 is 5.17. The number of hydrogen-bond donors (Lipinski definition) is 3. The first kappa shape index (κ1) is 14.8. The lowest BCUT2D eigenvalue weighted by Crippen LogP contribution is -2.36. The number of H-pyrrole nitrogens is 1. The number of carbonyl (C=O) groups is 1. The molecule has 0 aliphatic heterocycles. The molecule has 20 heavy (non-hydrogen) atoms. The Balaban J connectivity index is 1.81. The standard InChI is InChI=1S/C13H22N4O3/c1-13(2,3)20-12(19)14-6-9-4-8(5-10(9)18)11-15-7-16-17-11/h7-10,18H,4-6H2,1-3H3,(H,14,19)(H,15,16,17)/t8-,9+,10+/m1/s1. The molecule has 1 heterocycles. The van der Waals surface area contributed by atoms with E-state index in [0.717, 1.165) is 12.2 Å². The lowest BCUT2D eigenvalue weighted by atomic mass is 10.0. The van der Waals surface area contributed by atoms with Gasteiger partial charge in [0.2, 0.25) is 0 Å². The minimum atomic E-state index is -0.513. The zero-order valence-corrected chi connectivity index (χ0v) is 12.1. The average molecular weight is 282 g/mol. The molecule has 1 aliphatic rings. The predicted molar refractivity (Wildman–Crippen MR) is 72.1 cm³/mol. The van der Waals surface area contributed by atoms with Gasteiger partial charge in [0.1, 0.15) is 17.8 Å². The maximum atomic E-state index is 11.6. The van der Waals surface area contributed by atoms with E-state index in [4.69, 9.17) is 4.74 Å². The molecule has 0 spiro atoms. The van der Waals surface area contributed by atoms with E-state index in [1.807, 2.05) is 20.8 Å². The third kappa shape index (κ3) is 3.93. The highest BCUT2D eigenvalue weighted by molar-refractivity contribution is 5.67. The van der Waals surface area contributed by atoms with Crippen molar-refractivity contribution in [3.63, 3.8) is 0 Å². The lowest BCUT2D eigenvalue weighted by Gasteiger charge is -2.21.